The third-order valence-corrected chi connectivity index (χ3v) is 16.0. The van der Waals surface area contributed by atoms with Gasteiger partial charge in [-0.25, -0.2) is 0 Å². The largest absolute Gasteiger partial charge is 0.310 e. The second-order valence-corrected chi connectivity index (χ2v) is 20.0. The van der Waals surface area contributed by atoms with Crippen molar-refractivity contribution in [1.82, 2.24) is 4.57 Å². The molecule has 0 fully saturated rings. The van der Waals surface area contributed by atoms with Crippen molar-refractivity contribution in [2.75, 3.05) is 4.90 Å². The summed E-state index contributed by atoms with van der Waals surface area (Å²) in [6, 6.07) is 108. The Balaban J connectivity index is 0.895. The maximum atomic E-state index is 2.52. The average Bonchev–Trinajstić information content (AvgIpc) is 4.00. The first-order chi connectivity index (χ1) is 37.2. The molecule has 15 rings (SSSR count). The van der Waals surface area contributed by atoms with Crippen LogP contribution in [0, 0.1) is 0 Å². The second-order valence-electron chi connectivity index (χ2n) is 20.0. The number of benzene rings is 12. The van der Waals surface area contributed by atoms with Gasteiger partial charge in [-0.05, 0) is 138 Å². The summed E-state index contributed by atoms with van der Waals surface area (Å²) in [6.45, 7) is 0. The highest BCUT2D eigenvalue weighted by Crippen LogP contribution is 2.61. The van der Waals surface area contributed by atoms with Crippen molar-refractivity contribution in [2.45, 2.75) is 5.41 Å². The smallest absolute Gasteiger partial charge is 0.0754 e. The lowest BCUT2D eigenvalue weighted by molar-refractivity contribution is 0.749. The van der Waals surface area contributed by atoms with Crippen LogP contribution in [0.5, 0.6) is 0 Å². The van der Waals surface area contributed by atoms with Gasteiger partial charge in [-0.3, -0.25) is 0 Å². The molecule has 75 heavy (non-hydrogen) atoms. The van der Waals surface area contributed by atoms with Gasteiger partial charge >= 0.3 is 0 Å². The molecule has 13 aromatic rings. The lowest BCUT2D eigenvalue weighted by atomic mass is 9.65. The third kappa shape index (κ3) is 6.66. The Labute approximate surface area is 437 Å². The van der Waals surface area contributed by atoms with Crippen LogP contribution in [0.1, 0.15) is 22.3 Å². The zero-order valence-corrected chi connectivity index (χ0v) is 41.1. The van der Waals surface area contributed by atoms with Crippen LogP contribution in [0.4, 0.5) is 17.1 Å². The molecule has 1 spiro atoms. The molecule has 2 heterocycles. The summed E-state index contributed by atoms with van der Waals surface area (Å²) < 4.78 is 2.52. The molecule has 350 valence electrons. The summed E-state index contributed by atoms with van der Waals surface area (Å²) >= 11 is 0. The lowest BCUT2D eigenvalue weighted by Crippen LogP contribution is -2.33. The normalized spacial score (nSPS) is 13.9. The molecule has 1 aromatic heterocycles. The number of rotatable bonds is 8. The molecule has 0 bridgehead atoms. The van der Waals surface area contributed by atoms with Gasteiger partial charge in [-0.1, -0.05) is 237 Å². The Hall–Kier alpha value is -9.76. The van der Waals surface area contributed by atoms with Crippen LogP contribution in [0.3, 0.4) is 0 Å². The SMILES string of the molecule is c1ccc(-c2ccc(-c3ccc(N(c4cccc(-c5ccc6c(c5)C5(c7ccccc7-6)c6ccccc6-n6c7ccccc7c7cccc5c76)c4)c4ccccc4-c4cccc(-c5ccccc5)c4)cc3)cc2)cc1. The Morgan fingerprint density at radius 2 is 0.760 bits per heavy atom. The lowest BCUT2D eigenvalue weighted by Gasteiger charge is -2.39. The number of anilines is 3. The number of para-hydroxylation sites is 4. The van der Waals surface area contributed by atoms with Gasteiger partial charge in [-0.15, -0.1) is 0 Å². The highest BCUT2D eigenvalue weighted by atomic mass is 15.1. The zero-order chi connectivity index (χ0) is 49.5. The Morgan fingerprint density at radius 3 is 1.53 bits per heavy atom. The van der Waals surface area contributed by atoms with E-state index in [1.54, 1.807) is 0 Å². The van der Waals surface area contributed by atoms with E-state index in [-0.39, 0.29) is 0 Å². The fourth-order valence-corrected chi connectivity index (χ4v) is 12.7. The van der Waals surface area contributed by atoms with E-state index in [2.05, 4.69) is 301 Å². The summed E-state index contributed by atoms with van der Waals surface area (Å²) in [4.78, 5) is 2.44. The number of aromatic nitrogens is 1. The highest BCUT2D eigenvalue weighted by molar-refractivity contribution is 6.13. The standard InChI is InChI=1S/C73H48N2/c1-3-18-49(19-4-1)51-36-38-52(39-37-51)53-40-43-58(44-41-53)74(69-33-12-8-26-60(69)57-24-15-22-54(46-57)50-20-5-2-6-21-50)59-25-16-23-55(47-59)56-42-45-62-61-27-7-10-30-65(61)73(68(62)48-56)66-31-11-14-35-71(66)75-70-34-13-9-28-63(70)64-29-17-32-67(73)72(64)75/h1-48H. The predicted molar refractivity (Wildman–Crippen MR) is 314 cm³/mol. The summed E-state index contributed by atoms with van der Waals surface area (Å²) in [5, 5.41) is 2.56. The van der Waals surface area contributed by atoms with Crippen LogP contribution < -0.4 is 4.90 Å². The van der Waals surface area contributed by atoms with Gasteiger partial charge < -0.3 is 9.47 Å². The predicted octanol–water partition coefficient (Wildman–Crippen LogP) is 19.3. The van der Waals surface area contributed by atoms with Crippen LogP contribution in [0.15, 0.2) is 291 Å². The quantitative estimate of drug-likeness (QED) is 0.147. The molecule has 12 aromatic carbocycles. The van der Waals surface area contributed by atoms with Gasteiger partial charge in [0.1, 0.15) is 0 Å². The minimum atomic E-state index is -0.539. The molecule has 0 saturated carbocycles. The van der Waals surface area contributed by atoms with E-state index >= 15 is 0 Å². The van der Waals surface area contributed by atoms with Crippen LogP contribution in [-0.4, -0.2) is 4.57 Å². The monoisotopic (exact) mass is 952 g/mol. The van der Waals surface area contributed by atoms with Gasteiger partial charge in [0.15, 0.2) is 0 Å². The summed E-state index contributed by atoms with van der Waals surface area (Å²) in [7, 11) is 0. The van der Waals surface area contributed by atoms with Gasteiger partial charge in [0.05, 0.1) is 27.8 Å². The van der Waals surface area contributed by atoms with E-state index in [9.17, 15) is 0 Å². The Bertz CT molecular complexity index is 4340. The first kappa shape index (κ1) is 42.9. The molecular formula is C73H48N2. The van der Waals surface area contributed by atoms with E-state index in [4.69, 9.17) is 0 Å². The Kier molecular flexibility index (Phi) is 9.83. The van der Waals surface area contributed by atoms with Gasteiger partial charge in [0.2, 0.25) is 0 Å². The summed E-state index contributed by atoms with van der Waals surface area (Å²) in [6.07, 6.45) is 0. The van der Waals surface area contributed by atoms with Crippen molar-refractivity contribution in [1.29, 1.82) is 0 Å². The van der Waals surface area contributed by atoms with Crippen LogP contribution in [0.2, 0.25) is 0 Å². The van der Waals surface area contributed by atoms with Gasteiger partial charge in [0, 0.05) is 27.7 Å². The van der Waals surface area contributed by atoms with Crippen molar-refractivity contribution in [3.05, 3.63) is 313 Å². The van der Waals surface area contributed by atoms with Gasteiger partial charge in [0.25, 0.3) is 0 Å². The molecule has 1 aliphatic heterocycles. The molecular weight excluding hydrogens is 905 g/mol. The first-order valence-corrected chi connectivity index (χ1v) is 26.0. The van der Waals surface area contributed by atoms with Crippen LogP contribution >= 0.6 is 0 Å². The molecule has 0 radical (unpaired) electrons. The zero-order valence-electron chi connectivity index (χ0n) is 41.1. The van der Waals surface area contributed by atoms with E-state index in [1.165, 1.54) is 99.8 Å². The van der Waals surface area contributed by atoms with Gasteiger partial charge in [-0.2, -0.15) is 0 Å². The van der Waals surface area contributed by atoms with Crippen LogP contribution in [0.25, 0.3) is 94.3 Å². The van der Waals surface area contributed by atoms with E-state index < -0.39 is 5.41 Å². The van der Waals surface area contributed by atoms with Crippen molar-refractivity contribution in [3.8, 4) is 72.4 Å². The van der Waals surface area contributed by atoms with E-state index in [1.807, 2.05) is 0 Å². The molecule has 1 atom stereocenters. The molecule has 1 unspecified atom stereocenters. The van der Waals surface area contributed by atoms with Crippen LogP contribution in [-0.2, 0) is 5.41 Å². The Morgan fingerprint density at radius 1 is 0.267 bits per heavy atom. The maximum Gasteiger partial charge on any atom is 0.0754 e. The molecule has 1 aliphatic carbocycles. The fraction of sp³-hybridized carbons (Fsp3) is 0.0137. The second kappa shape index (κ2) is 17.2. The molecule has 2 aliphatic rings. The molecule has 0 saturated heterocycles. The third-order valence-electron chi connectivity index (χ3n) is 16.0. The average molecular weight is 953 g/mol. The topological polar surface area (TPSA) is 8.17 Å². The number of hydrogen-bond acceptors (Lipinski definition) is 1. The van der Waals surface area contributed by atoms with Crippen molar-refractivity contribution in [3.63, 3.8) is 0 Å². The first-order valence-electron chi connectivity index (χ1n) is 26.0. The van der Waals surface area contributed by atoms with E-state index in [0.29, 0.717) is 0 Å². The maximum absolute atomic E-state index is 2.52. The summed E-state index contributed by atoms with van der Waals surface area (Å²) in [5.41, 5.74) is 26.1. The van der Waals surface area contributed by atoms with Crippen molar-refractivity contribution < 1.29 is 0 Å². The number of hydrogen-bond donors (Lipinski definition) is 0. The fourth-order valence-electron chi connectivity index (χ4n) is 12.7. The minimum absolute atomic E-state index is 0.539. The van der Waals surface area contributed by atoms with Crippen molar-refractivity contribution in [2.24, 2.45) is 0 Å². The highest BCUT2D eigenvalue weighted by Gasteiger charge is 2.50. The minimum Gasteiger partial charge on any atom is -0.310 e. The van der Waals surface area contributed by atoms with E-state index in [0.717, 1.165) is 33.8 Å². The molecule has 2 nitrogen and oxygen atoms in total. The summed E-state index contributed by atoms with van der Waals surface area (Å²) in [5.74, 6) is 0. The number of fused-ring (bicyclic) bond motifs is 12. The molecule has 0 N–H and O–H groups in total. The molecule has 0 amide bonds. The van der Waals surface area contributed by atoms with Crippen molar-refractivity contribution >= 4 is 38.9 Å². The molecule has 2 heteroatoms. The number of nitrogens with zero attached hydrogens (tertiary/aromatic N) is 2.